The van der Waals surface area contributed by atoms with E-state index in [0.717, 1.165) is 5.39 Å². The molecule has 13 heavy (non-hydrogen) atoms. The third-order valence-electron chi connectivity index (χ3n) is 1.78. The minimum Gasteiger partial charge on any atom is -0.451 e. The summed E-state index contributed by atoms with van der Waals surface area (Å²) in [5.41, 5.74) is 11.8. The van der Waals surface area contributed by atoms with Crippen LogP contribution in [0.15, 0.2) is 28.7 Å². The molecule has 4 N–H and O–H groups in total. The highest BCUT2D eigenvalue weighted by Gasteiger charge is 2.07. The van der Waals surface area contributed by atoms with E-state index in [0.29, 0.717) is 11.3 Å². The predicted octanol–water partition coefficient (Wildman–Crippen LogP) is 1.11. The maximum absolute atomic E-state index is 10.8. The normalized spacial score (nSPS) is 10.5. The van der Waals surface area contributed by atoms with Gasteiger partial charge in [-0.2, -0.15) is 0 Å². The highest BCUT2D eigenvalue weighted by atomic mass is 16.3. The SMILES string of the molecule is NC(=O)c1cc2cc(N)ccc2o1. The van der Waals surface area contributed by atoms with E-state index in [1.54, 1.807) is 24.3 Å². The number of nitrogen functional groups attached to an aromatic ring is 1. The highest BCUT2D eigenvalue weighted by Crippen LogP contribution is 2.21. The number of rotatable bonds is 1. The Hall–Kier alpha value is -1.97. The zero-order valence-corrected chi connectivity index (χ0v) is 6.78. The zero-order chi connectivity index (χ0) is 9.42. The molecule has 4 nitrogen and oxygen atoms in total. The Balaban J connectivity index is 2.68. The van der Waals surface area contributed by atoms with Gasteiger partial charge in [0.2, 0.25) is 0 Å². The molecule has 0 aliphatic rings. The number of carbonyl (C=O) groups excluding carboxylic acids is 1. The fourth-order valence-electron chi connectivity index (χ4n) is 1.18. The van der Waals surface area contributed by atoms with E-state index in [9.17, 15) is 4.79 Å². The fraction of sp³-hybridized carbons (Fsp3) is 0. The quantitative estimate of drug-likeness (QED) is 0.638. The van der Waals surface area contributed by atoms with E-state index in [4.69, 9.17) is 15.9 Å². The molecule has 66 valence electrons. The molecule has 0 saturated heterocycles. The smallest absolute Gasteiger partial charge is 0.284 e. The Morgan fingerprint density at radius 3 is 2.77 bits per heavy atom. The van der Waals surface area contributed by atoms with Gasteiger partial charge in [0.05, 0.1) is 0 Å². The third kappa shape index (κ3) is 1.22. The maximum atomic E-state index is 10.8. The van der Waals surface area contributed by atoms with Crippen molar-refractivity contribution >= 4 is 22.6 Å². The Morgan fingerprint density at radius 1 is 1.31 bits per heavy atom. The molecule has 1 aromatic carbocycles. The summed E-state index contributed by atoms with van der Waals surface area (Å²) in [4.78, 5) is 10.8. The van der Waals surface area contributed by atoms with Gasteiger partial charge in [0, 0.05) is 11.1 Å². The van der Waals surface area contributed by atoms with Crippen LogP contribution in [0.5, 0.6) is 0 Å². The number of furan rings is 1. The molecule has 1 aromatic heterocycles. The Morgan fingerprint density at radius 2 is 2.08 bits per heavy atom. The van der Waals surface area contributed by atoms with Crippen LogP contribution >= 0.6 is 0 Å². The molecule has 0 bridgehead atoms. The van der Waals surface area contributed by atoms with E-state index in [1.807, 2.05) is 0 Å². The number of hydrogen-bond acceptors (Lipinski definition) is 3. The second kappa shape index (κ2) is 2.52. The van der Waals surface area contributed by atoms with Crippen molar-refractivity contribution in [1.82, 2.24) is 0 Å². The lowest BCUT2D eigenvalue weighted by atomic mass is 10.2. The number of nitrogens with two attached hydrogens (primary N) is 2. The summed E-state index contributed by atoms with van der Waals surface area (Å²) in [5, 5.41) is 0.786. The zero-order valence-electron chi connectivity index (χ0n) is 6.78. The lowest BCUT2D eigenvalue weighted by molar-refractivity contribution is 0.0976. The average molecular weight is 176 g/mol. The second-order valence-electron chi connectivity index (χ2n) is 2.77. The second-order valence-corrected chi connectivity index (χ2v) is 2.77. The minimum absolute atomic E-state index is 0.153. The summed E-state index contributed by atoms with van der Waals surface area (Å²) in [6, 6.07) is 6.72. The lowest BCUT2D eigenvalue weighted by Crippen LogP contribution is -2.08. The third-order valence-corrected chi connectivity index (χ3v) is 1.78. The summed E-state index contributed by atoms with van der Waals surface area (Å²) in [7, 11) is 0. The molecule has 1 amide bonds. The Labute approximate surface area is 74.1 Å². The number of fused-ring (bicyclic) bond motifs is 1. The molecular weight excluding hydrogens is 168 g/mol. The van der Waals surface area contributed by atoms with Crippen LogP contribution in [-0.2, 0) is 0 Å². The standard InChI is InChI=1S/C9H8N2O2/c10-6-1-2-7-5(3-6)4-8(13-7)9(11)12/h1-4H,10H2,(H2,11,12). The molecular formula is C9H8N2O2. The van der Waals surface area contributed by atoms with E-state index >= 15 is 0 Å². The largest absolute Gasteiger partial charge is 0.451 e. The van der Waals surface area contributed by atoms with Gasteiger partial charge in [-0.3, -0.25) is 4.79 Å². The molecule has 0 saturated carbocycles. The number of anilines is 1. The fourth-order valence-corrected chi connectivity index (χ4v) is 1.18. The average Bonchev–Trinajstić information content (AvgIpc) is 2.46. The molecule has 0 radical (unpaired) electrons. The molecule has 0 unspecified atom stereocenters. The van der Waals surface area contributed by atoms with Crippen LogP contribution in [0.1, 0.15) is 10.6 Å². The van der Waals surface area contributed by atoms with Gasteiger partial charge in [-0.25, -0.2) is 0 Å². The van der Waals surface area contributed by atoms with E-state index in [1.165, 1.54) is 0 Å². The van der Waals surface area contributed by atoms with Gasteiger partial charge in [-0.05, 0) is 24.3 Å². The van der Waals surface area contributed by atoms with Gasteiger partial charge in [0.15, 0.2) is 5.76 Å². The van der Waals surface area contributed by atoms with Gasteiger partial charge in [-0.15, -0.1) is 0 Å². The van der Waals surface area contributed by atoms with Crippen LogP contribution in [0.25, 0.3) is 11.0 Å². The number of amides is 1. The van der Waals surface area contributed by atoms with Crippen LogP contribution in [0.2, 0.25) is 0 Å². The van der Waals surface area contributed by atoms with Gasteiger partial charge in [-0.1, -0.05) is 0 Å². The molecule has 0 fully saturated rings. The number of benzene rings is 1. The van der Waals surface area contributed by atoms with Crippen LogP contribution in [0.3, 0.4) is 0 Å². The predicted molar refractivity (Wildman–Crippen MR) is 49.1 cm³/mol. The minimum atomic E-state index is -0.574. The van der Waals surface area contributed by atoms with Gasteiger partial charge < -0.3 is 15.9 Å². The number of carbonyl (C=O) groups is 1. The van der Waals surface area contributed by atoms with Crippen LogP contribution in [-0.4, -0.2) is 5.91 Å². The lowest BCUT2D eigenvalue weighted by Gasteiger charge is -1.89. The summed E-state index contributed by atoms with van der Waals surface area (Å²) in [6.07, 6.45) is 0. The van der Waals surface area contributed by atoms with Gasteiger partial charge in [0.25, 0.3) is 5.91 Å². The molecule has 0 aliphatic carbocycles. The van der Waals surface area contributed by atoms with Gasteiger partial charge in [0.1, 0.15) is 5.58 Å². The van der Waals surface area contributed by atoms with Crippen LogP contribution in [0.4, 0.5) is 5.69 Å². The van der Waals surface area contributed by atoms with Crippen molar-refractivity contribution in [3.63, 3.8) is 0 Å². The number of primary amides is 1. The van der Waals surface area contributed by atoms with Crippen molar-refractivity contribution in [2.75, 3.05) is 5.73 Å². The van der Waals surface area contributed by atoms with Crippen molar-refractivity contribution in [2.45, 2.75) is 0 Å². The summed E-state index contributed by atoms with van der Waals surface area (Å²) in [6.45, 7) is 0. The maximum Gasteiger partial charge on any atom is 0.284 e. The van der Waals surface area contributed by atoms with Crippen molar-refractivity contribution in [3.05, 3.63) is 30.0 Å². The molecule has 0 spiro atoms. The summed E-state index contributed by atoms with van der Waals surface area (Å²) >= 11 is 0. The molecule has 2 aromatic rings. The first-order valence-electron chi connectivity index (χ1n) is 3.76. The monoisotopic (exact) mass is 176 g/mol. The topological polar surface area (TPSA) is 82.2 Å². The molecule has 1 heterocycles. The van der Waals surface area contributed by atoms with Crippen LogP contribution in [0, 0.1) is 0 Å². The Bertz CT molecular complexity index is 473. The summed E-state index contributed by atoms with van der Waals surface area (Å²) in [5.74, 6) is -0.421. The molecule has 2 rings (SSSR count). The first-order valence-corrected chi connectivity index (χ1v) is 3.76. The first kappa shape index (κ1) is 7.67. The first-order chi connectivity index (χ1) is 6.16. The molecule has 0 atom stereocenters. The van der Waals surface area contributed by atoms with E-state index < -0.39 is 5.91 Å². The summed E-state index contributed by atoms with van der Waals surface area (Å²) < 4.78 is 5.15. The van der Waals surface area contributed by atoms with Gasteiger partial charge >= 0.3 is 0 Å². The van der Waals surface area contributed by atoms with E-state index in [-0.39, 0.29) is 5.76 Å². The number of hydrogen-bond donors (Lipinski definition) is 2. The Kier molecular flexibility index (Phi) is 1.48. The highest BCUT2D eigenvalue weighted by molar-refractivity contribution is 5.95. The molecule has 0 aliphatic heterocycles. The van der Waals surface area contributed by atoms with Crippen LogP contribution < -0.4 is 11.5 Å². The van der Waals surface area contributed by atoms with Crippen molar-refractivity contribution in [1.29, 1.82) is 0 Å². The van der Waals surface area contributed by atoms with Crippen molar-refractivity contribution in [2.24, 2.45) is 5.73 Å². The van der Waals surface area contributed by atoms with Crippen molar-refractivity contribution < 1.29 is 9.21 Å². The molecule has 4 heteroatoms. The van der Waals surface area contributed by atoms with Crippen molar-refractivity contribution in [3.8, 4) is 0 Å². The van der Waals surface area contributed by atoms with E-state index in [2.05, 4.69) is 0 Å².